The van der Waals surface area contributed by atoms with Gasteiger partial charge in [0.05, 0.1) is 12.6 Å². The lowest BCUT2D eigenvalue weighted by atomic mass is 10.1. The summed E-state index contributed by atoms with van der Waals surface area (Å²) in [5.74, 6) is -3.11. The van der Waals surface area contributed by atoms with Crippen molar-refractivity contribution in [2.24, 2.45) is 0 Å². The Morgan fingerprint density at radius 3 is 2.60 bits per heavy atom. The largest absolute Gasteiger partial charge is 0.354 e. The van der Waals surface area contributed by atoms with Gasteiger partial charge in [-0.3, -0.25) is 10.1 Å². The molecule has 1 atom stereocenters. The molecule has 2 N–H and O–H groups in total. The summed E-state index contributed by atoms with van der Waals surface area (Å²) in [6.07, 6.45) is 0.290. The summed E-state index contributed by atoms with van der Waals surface area (Å²) in [6, 6.07) is 7.26. The maximum Gasteiger partial charge on any atom is 0.262 e. The van der Waals surface area contributed by atoms with Gasteiger partial charge >= 0.3 is 0 Å². The molecule has 0 aromatic heterocycles. The van der Waals surface area contributed by atoms with Crippen LogP contribution in [0.5, 0.6) is 0 Å². The first-order chi connectivity index (χ1) is 8.96. The minimum absolute atomic E-state index is 0. The van der Waals surface area contributed by atoms with E-state index in [-0.39, 0.29) is 18.3 Å². The first-order valence-electron chi connectivity index (χ1n) is 6.41. The van der Waals surface area contributed by atoms with Gasteiger partial charge in [-0.25, -0.2) is 8.78 Å². The number of hydrogen-bond acceptors (Lipinski definition) is 2. The molecule has 1 aliphatic rings. The zero-order valence-corrected chi connectivity index (χ0v) is 12.1. The molecule has 1 aromatic rings. The minimum Gasteiger partial charge on any atom is -0.354 e. The number of rotatable bonds is 4. The van der Waals surface area contributed by atoms with Gasteiger partial charge < -0.3 is 5.32 Å². The molecule has 1 amide bonds. The standard InChI is InChI=1S/C14H18F2N2O.ClH/c1-10-2-4-11(5-3-10)6-7-17-13(19)12-8-14(15,16)9-18-12;/h2-5,12,18H,6-9H2,1H3,(H,17,19);1H. The summed E-state index contributed by atoms with van der Waals surface area (Å²) < 4.78 is 25.9. The number of nitrogens with one attached hydrogen (secondary N) is 2. The van der Waals surface area contributed by atoms with Crippen LogP contribution in [-0.2, 0) is 11.2 Å². The molecule has 6 heteroatoms. The number of carbonyl (C=O) groups is 1. The summed E-state index contributed by atoms with van der Waals surface area (Å²) in [4.78, 5) is 11.7. The molecule has 1 unspecified atom stereocenters. The molecule has 1 fully saturated rings. The van der Waals surface area contributed by atoms with Gasteiger partial charge in [-0.2, -0.15) is 0 Å². The topological polar surface area (TPSA) is 41.1 Å². The third kappa shape index (κ3) is 4.72. The van der Waals surface area contributed by atoms with Crippen LogP contribution in [0.15, 0.2) is 24.3 Å². The van der Waals surface area contributed by atoms with Crippen molar-refractivity contribution in [1.82, 2.24) is 10.6 Å². The van der Waals surface area contributed by atoms with Crippen molar-refractivity contribution in [1.29, 1.82) is 0 Å². The van der Waals surface area contributed by atoms with E-state index in [2.05, 4.69) is 10.6 Å². The smallest absolute Gasteiger partial charge is 0.262 e. The summed E-state index contributed by atoms with van der Waals surface area (Å²) in [6.45, 7) is 2.06. The van der Waals surface area contributed by atoms with E-state index in [1.807, 2.05) is 31.2 Å². The van der Waals surface area contributed by atoms with E-state index in [0.29, 0.717) is 13.0 Å². The highest BCUT2D eigenvalue weighted by Gasteiger charge is 2.42. The number of aryl methyl sites for hydroxylation is 1. The van der Waals surface area contributed by atoms with Gasteiger partial charge in [0.15, 0.2) is 0 Å². The van der Waals surface area contributed by atoms with Crippen LogP contribution in [0.3, 0.4) is 0 Å². The molecular weight excluding hydrogens is 286 g/mol. The van der Waals surface area contributed by atoms with Crippen LogP contribution in [0.4, 0.5) is 8.78 Å². The third-order valence-electron chi connectivity index (χ3n) is 3.26. The fourth-order valence-corrected chi connectivity index (χ4v) is 2.11. The number of alkyl halides is 2. The predicted molar refractivity (Wildman–Crippen MR) is 76.5 cm³/mol. The molecular formula is C14H19ClF2N2O. The van der Waals surface area contributed by atoms with E-state index in [9.17, 15) is 13.6 Å². The average Bonchev–Trinajstić information content (AvgIpc) is 2.72. The fraction of sp³-hybridized carbons (Fsp3) is 0.500. The molecule has 1 heterocycles. The van der Waals surface area contributed by atoms with Gasteiger partial charge in [-0.1, -0.05) is 29.8 Å². The van der Waals surface area contributed by atoms with Crippen LogP contribution in [0, 0.1) is 6.92 Å². The number of amides is 1. The molecule has 2 rings (SSSR count). The van der Waals surface area contributed by atoms with Crippen molar-refractivity contribution >= 4 is 18.3 Å². The molecule has 1 saturated heterocycles. The number of halogens is 3. The fourth-order valence-electron chi connectivity index (χ4n) is 2.11. The SMILES string of the molecule is Cc1ccc(CCNC(=O)C2CC(F)(F)CN2)cc1.Cl. The molecule has 3 nitrogen and oxygen atoms in total. The number of carbonyl (C=O) groups excluding carboxylic acids is 1. The minimum atomic E-state index is -2.76. The van der Waals surface area contributed by atoms with E-state index in [1.54, 1.807) is 0 Å². The molecule has 1 aromatic carbocycles. The lowest BCUT2D eigenvalue weighted by Gasteiger charge is -2.11. The van der Waals surface area contributed by atoms with Crippen LogP contribution < -0.4 is 10.6 Å². The highest BCUT2D eigenvalue weighted by Crippen LogP contribution is 2.24. The highest BCUT2D eigenvalue weighted by atomic mass is 35.5. The van der Waals surface area contributed by atoms with Crippen molar-refractivity contribution in [3.05, 3.63) is 35.4 Å². The number of benzene rings is 1. The van der Waals surface area contributed by atoms with E-state index in [0.717, 1.165) is 5.56 Å². The van der Waals surface area contributed by atoms with Crippen molar-refractivity contribution in [3.63, 3.8) is 0 Å². The second-order valence-electron chi connectivity index (χ2n) is 5.02. The second-order valence-corrected chi connectivity index (χ2v) is 5.02. The zero-order chi connectivity index (χ0) is 13.9. The molecule has 112 valence electrons. The van der Waals surface area contributed by atoms with E-state index >= 15 is 0 Å². The van der Waals surface area contributed by atoms with E-state index in [4.69, 9.17) is 0 Å². The molecule has 0 spiro atoms. The van der Waals surface area contributed by atoms with E-state index in [1.165, 1.54) is 5.56 Å². The quantitative estimate of drug-likeness (QED) is 0.894. The molecule has 0 radical (unpaired) electrons. The maximum atomic E-state index is 12.9. The van der Waals surface area contributed by atoms with E-state index < -0.39 is 24.9 Å². The Hall–Kier alpha value is -1.20. The molecule has 20 heavy (non-hydrogen) atoms. The zero-order valence-electron chi connectivity index (χ0n) is 11.3. The third-order valence-corrected chi connectivity index (χ3v) is 3.26. The summed E-state index contributed by atoms with van der Waals surface area (Å²) in [5, 5.41) is 5.23. The molecule has 0 saturated carbocycles. The Kier molecular flexibility index (Phi) is 5.89. The lowest BCUT2D eigenvalue weighted by Crippen LogP contribution is -2.41. The Labute approximate surface area is 123 Å². The van der Waals surface area contributed by atoms with Crippen molar-refractivity contribution in [3.8, 4) is 0 Å². The van der Waals surface area contributed by atoms with Crippen molar-refractivity contribution < 1.29 is 13.6 Å². The molecule has 1 aliphatic heterocycles. The number of hydrogen-bond donors (Lipinski definition) is 2. The summed E-state index contributed by atoms with van der Waals surface area (Å²) in [7, 11) is 0. The van der Waals surface area contributed by atoms with Gasteiger partial charge in [0, 0.05) is 13.0 Å². The van der Waals surface area contributed by atoms with Crippen LogP contribution in [0.1, 0.15) is 17.5 Å². The highest BCUT2D eigenvalue weighted by molar-refractivity contribution is 5.85. The van der Waals surface area contributed by atoms with Gasteiger partial charge in [-0.15, -0.1) is 12.4 Å². The van der Waals surface area contributed by atoms with Crippen LogP contribution in [0.2, 0.25) is 0 Å². The Bertz CT molecular complexity index is 451. The Balaban J connectivity index is 0.00000200. The Morgan fingerprint density at radius 2 is 2.05 bits per heavy atom. The van der Waals surface area contributed by atoms with Crippen molar-refractivity contribution in [2.75, 3.05) is 13.1 Å². The first kappa shape index (κ1) is 16.9. The summed E-state index contributed by atoms with van der Waals surface area (Å²) >= 11 is 0. The average molecular weight is 305 g/mol. The monoisotopic (exact) mass is 304 g/mol. The van der Waals surface area contributed by atoms with Gasteiger partial charge in [0.25, 0.3) is 5.92 Å². The van der Waals surface area contributed by atoms with Crippen LogP contribution in [-0.4, -0.2) is 31.0 Å². The predicted octanol–water partition coefficient (Wildman–Crippen LogP) is 2.07. The van der Waals surface area contributed by atoms with Crippen molar-refractivity contribution in [2.45, 2.75) is 31.7 Å². The summed E-state index contributed by atoms with van der Waals surface area (Å²) in [5.41, 5.74) is 2.31. The van der Waals surface area contributed by atoms with Gasteiger partial charge in [0.1, 0.15) is 0 Å². The van der Waals surface area contributed by atoms with Crippen LogP contribution in [0.25, 0.3) is 0 Å². The normalized spacial score (nSPS) is 20.2. The molecule has 0 bridgehead atoms. The van der Waals surface area contributed by atoms with Gasteiger partial charge in [-0.05, 0) is 18.9 Å². The second kappa shape index (κ2) is 6.99. The lowest BCUT2D eigenvalue weighted by molar-refractivity contribution is -0.123. The maximum absolute atomic E-state index is 12.9. The Morgan fingerprint density at radius 1 is 1.40 bits per heavy atom. The van der Waals surface area contributed by atoms with Gasteiger partial charge in [0.2, 0.25) is 5.91 Å². The molecule has 0 aliphatic carbocycles. The first-order valence-corrected chi connectivity index (χ1v) is 6.41. The van der Waals surface area contributed by atoms with Crippen LogP contribution >= 0.6 is 12.4 Å².